The summed E-state index contributed by atoms with van der Waals surface area (Å²) in [4.78, 5) is 27.7. The van der Waals surface area contributed by atoms with Gasteiger partial charge < -0.3 is 10.2 Å². The van der Waals surface area contributed by atoms with Gasteiger partial charge in [0.15, 0.2) is 0 Å². The van der Waals surface area contributed by atoms with Crippen molar-refractivity contribution in [2.45, 2.75) is 45.6 Å². The van der Waals surface area contributed by atoms with E-state index in [1.165, 1.54) is 5.56 Å². The van der Waals surface area contributed by atoms with Gasteiger partial charge in [0.1, 0.15) is 6.04 Å². The first-order valence-corrected chi connectivity index (χ1v) is 10.6. The number of carbonyl (C=O) groups is 2. The molecule has 1 heterocycles. The second-order valence-corrected chi connectivity index (χ2v) is 8.65. The maximum absolute atomic E-state index is 13.2. The molecule has 5 heteroatoms. The van der Waals surface area contributed by atoms with E-state index in [1.807, 2.05) is 56.0 Å². The summed E-state index contributed by atoms with van der Waals surface area (Å²) in [6.45, 7) is 7.30. The Hall–Kier alpha value is -2.33. The van der Waals surface area contributed by atoms with Crippen LogP contribution < -0.4 is 5.32 Å². The number of amides is 2. The van der Waals surface area contributed by atoms with E-state index in [-0.39, 0.29) is 17.7 Å². The maximum Gasteiger partial charge on any atom is 0.251 e. The Morgan fingerprint density at radius 2 is 1.72 bits per heavy atom. The van der Waals surface area contributed by atoms with Crippen molar-refractivity contribution in [2.75, 3.05) is 13.1 Å². The molecule has 2 aromatic rings. The van der Waals surface area contributed by atoms with Crippen LogP contribution in [0.4, 0.5) is 0 Å². The van der Waals surface area contributed by atoms with Gasteiger partial charge >= 0.3 is 0 Å². The van der Waals surface area contributed by atoms with Crippen LogP contribution in [0, 0.1) is 12.8 Å². The van der Waals surface area contributed by atoms with Crippen molar-refractivity contribution in [1.29, 1.82) is 0 Å². The second-order valence-electron chi connectivity index (χ2n) is 8.22. The standard InChI is InChI=1S/C24H29ClN2O2/c1-16(2)22(26-23(28)20-6-4-5-17(3)15-20)24(29)27-13-11-19(12-14-27)18-7-9-21(25)10-8-18/h4-10,15-16,19,22H,11-14H2,1-3H3,(H,26,28)/t22-/m1/s1. The Balaban J connectivity index is 1.62. The number of likely N-dealkylation sites (tertiary alicyclic amines) is 1. The van der Waals surface area contributed by atoms with Crippen molar-refractivity contribution < 1.29 is 9.59 Å². The molecule has 0 spiro atoms. The Labute approximate surface area is 178 Å². The minimum Gasteiger partial charge on any atom is -0.341 e. The zero-order valence-corrected chi connectivity index (χ0v) is 18.1. The fourth-order valence-electron chi connectivity index (χ4n) is 3.89. The predicted octanol–water partition coefficient (Wildman–Crippen LogP) is 4.81. The quantitative estimate of drug-likeness (QED) is 0.766. The number of aryl methyl sites for hydroxylation is 1. The molecule has 3 rings (SSSR count). The number of halogens is 1. The smallest absolute Gasteiger partial charge is 0.251 e. The highest BCUT2D eigenvalue weighted by Crippen LogP contribution is 2.29. The molecule has 1 aliphatic rings. The van der Waals surface area contributed by atoms with Crippen molar-refractivity contribution in [3.8, 4) is 0 Å². The molecule has 154 valence electrons. The molecule has 0 saturated carbocycles. The van der Waals surface area contributed by atoms with Crippen LogP contribution in [0.3, 0.4) is 0 Å². The molecule has 1 aliphatic heterocycles. The molecule has 1 saturated heterocycles. The second kappa shape index (κ2) is 9.45. The lowest BCUT2D eigenvalue weighted by Gasteiger charge is -2.35. The molecule has 4 nitrogen and oxygen atoms in total. The molecule has 1 N–H and O–H groups in total. The van der Waals surface area contributed by atoms with Crippen LogP contribution >= 0.6 is 11.6 Å². The van der Waals surface area contributed by atoms with Gasteiger partial charge in [-0.3, -0.25) is 9.59 Å². The third kappa shape index (κ3) is 5.39. The van der Waals surface area contributed by atoms with E-state index in [2.05, 4.69) is 17.4 Å². The summed E-state index contributed by atoms with van der Waals surface area (Å²) in [5.41, 5.74) is 2.88. The lowest BCUT2D eigenvalue weighted by Crippen LogP contribution is -2.52. The number of hydrogen-bond acceptors (Lipinski definition) is 2. The first-order chi connectivity index (χ1) is 13.8. The molecular weight excluding hydrogens is 384 g/mol. The molecule has 0 bridgehead atoms. The van der Waals surface area contributed by atoms with E-state index >= 15 is 0 Å². The van der Waals surface area contributed by atoms with E-state index in [1.54, 1.807) is 6.07 Å². The summed E-state index contributed by atoms with van der Waals surface area (Å²) in [6.07, 6.45) is 1.84. The lowest BCUT2D eigenvalue weighted by molar-refractivity contribution is -0.135. The summed E-state index contributed by atoms with van der Waals surface area (Å²) in [5.74, 6) is 0.272. The van der Waals surface area contributed by atoms with Gasteiger partial charge in [-0.15, -0.1) is 0 Å². The number of carbonyl (C=O) groups excluding carboxylic acids is 2. The number of rotatable bonds is 5. The first kappa shape index (κ1) is 21.4. The van der Waals surface area contributed by atoms with Crippen LogP contribution in [0.25, 0.3) is 0 Å². The minimum absolute atomic E-state index is 0.00978. The fourth-order valence-corrected chi connectivity index (χ4v) is 4.02. The zero-order valence-electron chi connectivity index (χ0n) is 17.3. The van der Waals surface area contributed by atoms with Crippen molar-refractivity contribution in [3.63, 3.8) is 0 Å². The summed E-state index contributed by atoms with van der Waals surface area (Å²) < 4.78 is 0. The highest BCUT2D eigenvalue weighted by molar-refractivity contribution is 6.30. The van der Waals surface area contributed by atoms with Gasteiger partial charge in [-0.1, -0.05) is 55.3 Å². The number of nitrogens with one attached hydrogen (secondary N) is 1. The monoisotopic (exact) mass is 412 g/mol. The normalized spacial score (nSPS) is 16.0. The summed E-state index contributed by atoms with van der Waals surface area (Å²) in [7, 11) is 0. The summed E-state index contributed by atoms with van der Waals surface area (Å²) in [6, 6.07) is 14.9. The highest BCUT2D eigenvalue weighted by atomic mass is 35.5. The Morgan fingerprint density at radius 3 is 2.31 bits per heavy atom. The van der Waals surface area contributed by atoms with Crippen molar-refractivity contribution >= 4 is 23.4 Å². The number of nitrogens with zero attached hydrogens (tertiary/aromatic N) is 1. The Kier molecular flexibility index (Phi) is 6.96. The molecule has 2 aromatic carbocycles. The summed E-state index contributed by atoms with van der Waals surface area (Å²) >= 11 is 5.99. The predicted molar refractivity (Wildman–Crippen MR) is 117 cm³/mol. The van der Waals surface area contributed by atoms with E-state index in [0.29, 0.717) is 24.6 Å². The lowest BCUT2D eigenvalue weighted by atomic mass is 9.89. The molecule has 1 atom stereocenters. The average molecular weight is 413 g/mol. The van der Waals surface area contributed by atoms with E-state index in [9.17, 15) is 9.59 Å². The average Bonchev–Trinajstić information content (AvgIpc) is 2.72. The Morgan fingerprint density at radius 1 is 1.07 bits per heavy atom. The SMILES string of the molecule is Cc1cccc(C(=O)N[C@@H](C(=O)N2CCC(c3ccc(Cl)cc3)CC2)C(C)C)c1. The van der Waals surface area contributed by atoms with Crippen LogP contribution in [0.2, 0.25) is 5.02 Å². The molecule has 29 heavy (non-hydrogen) atoms. The Bertz CT molecular complexity index is 855. The third-order valence-electron chi connectivity index (χ3n) is 5.65. The maximum atomic E-state index is 13.2. The van der Waals surface area contributed by atoms with E-state index in [4.69, 9.17) is 11.6 Å². The van der Waals surface area contributed by atoms with Gasteiger partial charge in [0.2, 0.25) is 5.91 Å². The van der Waals surface area contributed by atoms with Gasteiger partial charge in [-0.2, -0.15) is 0 Å². The van der Waals surface area contributed by atoms with Gasteiger partial charge in [0.25, 0.3) is 5.91 Å². The van der Waals surface area contributed by atoms with Gasteiger partial charge in [-0.25, -0.2) is 0 Å². The molecule has 0 radical (unpaired) electrons. The largest absolute Gasteiger partial charge is 0.341 e. The number of piperidine rings is 1. The van der Waals surface area contributed by atoms with E-state index < -0.39 is 6.04 Å². The molecule has 1 fully saturated rings. The van der Waals surface area contributed by atoms with Gasteiger partial charge in [0, 0.05) is 23.7 Å². The molecular formula is C24H29ClN2O2. The minimum atomic E-state index is -0.518. The number of hydrogen-bond donors (Lipinski definition) is 1. The van der Waals surface area contributed by atoms with Crippen molar-refractivity contribution in [1.82, 2.24) is 10.2 Å². The third-order valence-corrected chi connectivity index (χ3v) is 5.90. The topological polar surface area (TPSA) is 49.4 Å². The number of benzene rings is 2. The first-order valence-electron chi connectivity index (χ1n) is 10.3. The van der Waals surface area contributed by atoms with Crippen LogP contribution in [0.1, 0.15) is 54.1 Å². The van der Waals surface area contributed by atoms with Crippen LogP contribution in [0.5, 0.6) is 0 Å². The van der Waals surface area contributed by atoms with Crippen LogP contribution in [-0.2, 0) is 4.79 Å². The van der Waals surface area contributed by atoms with Crippen LogP contribution in [0.15, 0.2) is 48.5 Å². The molecule has 0 aromatic heterocycles. The van der Waals surface area contributed by atoms with Gasteiger partial charge in [0.05, 0.1) is 0 Å². The van der Waals surface area contributed by atoms with Crippen molar-refractivity contribution in [2.24, 2.45) is 5.92 Å². The molecule has 2 amide bonds. The molecule has 0 aliphatic carbocycles. The fraction of sp³-hybridized carbons (Fsp3) is 0.417. The highest BCUT2D eigenvalue weighted by Gasteiger charge is 2.31. The summed E-state index contributed by atoms with van der Waals surface area (Å²) in [5, 5.41) is 3.70. The van der Waals surface area contributed by atoms with Crippen LogP contribution in [-0.4, -0.2) is 35.8 Å². The van der Waals surface area contributed by atoms with E-state index in [0.717, 1.165) is 23.4 Å². The van der Waals surface area contributed by atoms with Gasteiger partial charge in [-0.05, 0) is 61.4 Å². The zero-order chi connectivity index (χ0) is 21.0. The molecule has 0 unspecified atom stereocenters. The van der Waals surface area contributed by atoms with Crippen molar-refractivity contribution in [3.05, 3.63) is 70.2 Å².